The third-order valence-corrected chi connectivity index (χ3v) is 7.17. The molecule has 1 saturated heterocycles. The van der Waals surface area contributed by atoms with Gasteiger partial charge >= 0.3 is 0 Å². The Morgan fingerprint density at radius 2 is 1.77 bits per heavy atom. The number of amides is 1. The van der Waals surface area contributed by atoms with Crippen LogP contribution in [0.3, 0.4) is 0 Å². The molecule has 2 heterocycles. The highest BCUT2D eigenvalue weighted by Gasteiger charge is 2.35. The van der Waals surface area contributed by atoms with Crippen LogP contribution in [0.2, 0.25) is 0 Å². The van der Waals surface area contributed by atoms with E-state index in [0.29, 0.717) is 17.9 Å². The van der Waals surface area contributed by atoms with Gasteiger partial charge in [0.05, 0.1) is 31.9 Å². The second-order valence-corrected chi connectivity index (χ2v) is 9.25. The van der Waals surface area contributed by atoms with Gasteiger partial charge in [-0.3, -0.25) is 9.69 Å². The highest BCUT2D eigenvalue weighted by Crippen LogP contribution is 2.32. The predicted molar refractivity (Wildman–Crippen MR) is 135 cm³/mol. The fraction of sp³-hybridized carbons (Fsp3) is 0.536. The summed E-state index contributed by atoms with van der Waals surface area (Å²) in [4.78, 5) is 18.0. The molecule has 2 aromatic carbocycles. The summed E-state index contributed by atoms with van der Waals surface area (Å²) >= 11 is 0. The molecule has 0 saturated carbocycles. The van der Waals surface area contributed by atoms with E-state index in [4.69, 9.17) is 18.9 Å². The zero-order valence-corrected chi connectivity index (χ0v) is 21.2. The van der Waals surface area contributed by atoms with Gasteiger partial charge in [0.15, 0.2) is 11.5 Å². The van der Waals surface area contributed by atoms with E-state index in [1.54, 1.807) is 21.3 Å². The number of piperidine rings is 1. The van der Waals surface area contributed by atoms with Gasteiger partial charge in [0, 0.05) is 32.3 Å². The second-order valence-electron chi connectivity index (χ2n) is 9.25. The largest absolute Gasteiger partial charge is 0.493 e. The Morgan fingerprint density at radius 3 is 2.57 bits per heavy atom. The molecule has 1 amide bonds. The molecule has 190 valence electrons. The van der Waals surface area contributed by atoms with Crippen molar-refractivity contribution >= 4 is 5.91 Å². The van der Waals surface area contributed by atoms with Crippen LogP contribution in [-0.2, 0) is 11.3 Å². The molecule has 0 spiro atoms. The minimum Gasteiger partial charge on any atom is -0.493 e. The highest BCUT2D eigenvalue weighted by molar-refractivity contribution is 5.97. The van der Waals surface area contributed by atoms with Crippen molar-refractivity contribution in [2.24, 2.45) is 0 Å². The van der Waals surface area contributed by atoms with Crippen LogP contribution in [0.5, 0.6) is 17.2 Å². The summed E-state index contributed by atoms with van der Waals surface area (Å²) in [5.41, 5.74) is 1.72. The Hall–Kier alpha value is -2.77. The molecule has 1 fully saturated rings. The van der Waals surface area contributed by atoms with Crippen LogP contribution in [0, 0.1) is 0 Å². The van der Waals surface area contributed by atoms with E-state index in [1.165, 1.54) is 0 Å². The smallest absolute Gasteiger partial charge is 0.257 e. The van der Waals surface area contributed by atoms with E-state index in [9.17, 15) is 4.79 Å². The van der Waals surface area contributed by atoms with Crippen molar-refractivity contribution < 1.29 is 23.7 Å². The lowest BCUT2D eigenvalue weighted by Crippen LogP contribution is -2.51. The lowest BCUT2D eigenvalue weighted by molar-refractivity contribution is -0.0155. The molecule has 0 N–H and O–H groups in total. The number of fused-ring (bicyclic) bond motifs is 2. The molecule has 0 aromatic heterocycles. The van der Waals surface area contributed by atoms with Crippen molar-refractivity contribution in [1.82, 2.24) is 9.80 Å². The number of rotatable bonds is 5. The Labute approximate surface area is 208 Å². The quantitative estimate of drug-likeness (QED) is 0.630. The number of hydrogen-bond acceptors (Lipinski definition) is 6. The molecule has 2 atom stereocenters. The third-order valence-electron chi connectivity index (χ3n) is 7.17. The first kappa shape index (κ1) is 25.3. The lowest BCUT2D eigenvalue weighted by Gasteiger charge is -2.41. The van der Waals surface area contributed by atoms with Crippen LogP contribution < -0.4 is 14.2 Å². The third kappa shape index (κ3) is 5.90. The minimum absolute atomic E-state index is 0.0459. The SMILES string of the molecule is COc1cccc(CN2CCCC[C@@H]3[C@H](OC)CCCN3C(=O)c3ccccc3OCC2)c1OC. The van der Waals surface area contributed by atoms with Crippen LogP contribution in [0.1, 0.15) is 48.0 Å². The molecule has 0 unspecified atom stereocenters. The van der Waals surface area contributed by atoms with Crippen molar-refractivity contribution in [2.45, 2.75) is 50.8 Å². The summed E-state index contributed by atoms with van der Waals surface area (Å²) in [7, 11) is 5.11. The molecule has 2 aliphatic rings. The van der Waals surface area contributed by atoms with Gasteiger partial charge in [0.25, 0.3) is 5.91 Å². The summed E-state index contributed by atoms with van der Waals surface area (Å²) in [5.74, 6) is 2.21. The first-order valence-corrected chi connectivity index (χ1v) is 12.6. The number of hydrogen-bond donors (Lipinski definition) is 0. The molecule has 0 radical (unpaired) electrons. The second kappa shape index (κ2) is 12.3. The lowest BCUT2D eigenvalue weighted by atomic mass is 9.93. The minimum atomic E-state index is 0.0459. The number of para-hydroxylation sites is 2. The van der Waals surface area contributed by atoms with Gasteiger partial charge in [-0.25, -0.2) is 0 Å². The molecule has 2 aliphatic heterocycles. The van der Waals surface area contributed by atoms with E-state index in [2.05, 4.69) is 11.0 Å². The first-order valence-electron chi connectivity index (χ1n) is 12.6. The van der Waals surface area contributed by atoms with E-state index >= 15 is 0 Å². The van der Waals surface area contributed by atoms with Crippen molar-refractivity contribution in [3.8, 4) is 17.2 Å². The normalized spacial score (nSPS) is 22.0. The number of nitrogens with zero attached hydrogens (tertiary/aromatic N) is 2. The molecule has 0 aliphatic carbocycles. The zero-order valence-electron chi connectivity index (χ0n) is 21.2. The Morgan fingerprint density at radius 1 is 0.914 bits per heavy atom. The van der Waals surface area contributed by atoms with Gasteiger partial charge in [-0.1, -0.05) is 30.7 Å². The molecule has 4 rings (SSSR count). The van der Waals surface area contributed by atoms with Gasteiger partial charge in [0.1, 0.15) is 12.4 Å². The van der Waals surface area contributed by atoms with Crippen molar-refractivity contribution in [3.05, 3.63) is 53.6 Å². The maximum Gasteiger partial charge on any atom is 0.257 e. The Balaban J connectivity index is 1.57. The summed E-state index contributed by atoms with van der Waals surface area (Å²) in [6.07, 6.45) is 5.02. The Bertz CT molecular complexity index is 982. The monoisotopic (exact) mass is 482 g/mol. The van der Waals surface area contributed by atoms with Gasteiger partial charge in [0.2, 0.25) is 0 Å². The van der Waals surface area contributed by atoms with Crippen LogP contribution in [0.25, 0.3) is 0 Å². The molecular weight excluding hydrogens is 444 g/mol. The van der Waals surface area contributed by atoms with Crippen LogP contribution in [-0.4, -0.2) is 75.4 Å². The van der Waals surface area contributed by atoms with E-state index in [-0.39, 0.29) is 18.1 Å². The molecule has 7 heteroatoms. The van der Waals surface area contributed by atoms with E-state index in [0.717, 1.165) is 75.3 Å². The van der Waals surface area contributed by atoms with Gasteiger partial charge in [-0.15, -0.1) is 0 Å². The number of carbonyl (C=O) groups is 1. The maximum atomic E-state index is 13.6. The van der Waals surface area contributed by atoms with E-state index < -0.39 is 0 Å². The van der Waals surface area contributed by atoms with Crippen LogP contribution in [0.15, 0.2) is 42.5 Å². The number of methoxy groups -OCH3 is 3. The summed E-state index contributed by atoms with van der Waals surface area (Å²) < 4.78 is 23.2. The maximum absolute atomic E-state index is 13.6. The molecule has 35 heavy (non-hydrogen) atoms. The fourth-order valence-corrected chi connectivity index (χ4v) is 5.38. The number of ether oxygens (including phenoxy) is 4. The molecule has 7 nitrogen and oxygen atoms in total. The first-order chi connectivity index (χ1) is 17.2. The van der Waals surface area contributed by atoms with Crippen LogP contribution >= 0.6 is 0 Å². The van der Waals surface area contributed by atoms with E-state index in [1.807, 2.05) is 41.3 Å². The van der Waals surface area contributed by atoms with Crippen molar-refractivity contribution in [1.29, 1.82) is 0 Å². The van der Waals surface area contributed by atoms with Gasteiger partial charge < -0.3 is 23.8 Å². The van der Waals surface area contributed by atoms with Crippen LogP contribution in [0.4, 0.5) is 0 Å². The topological polar surface area (TPSA) is 60.5 Å². The average molecular weight is 483 g/mol. The van der Waals surface area contributed by atoms with Crippen molar-refractivity contribution in [3.63, 3.8) is 0 Å². The predicted octanol–water partition coefficient (Wildman–Crippen LogP) is 4.39. The number of benzene rings is 2. The van der Waals surface area contributed by atoms with Crippen molar-refractivity contribution in [2.75, 3.05) is 47.6 Å². The van der Waals surface area contributed by atoms with Gasteiger partial charge in [-0.05, 0) is 50.4 Å². The number of carbonyl (C=O) groups excluding carboxylic acids is 1. The average Bonchev–Trinajstić information content (AvgIpc) is 2.91. The summed E-state index contributed by atoms with van der Waals surface area (Å²) in [5, 5.41) is 0. The standard InChI is InChI=1S/C28H38N2O5/c1-32-25-15-9-17-30-23(25)12-6-7-16-29(20-21-10-8-14-26(33-2)27(21)34-3)18-19-35-24-13-5-4-11-22(24)28(30)31/h4-5,8,10-11,13-14,23,25H,6-7,9,12,15-20H2,1-3H3/t23-,25-/m1/s1. The summed E-state index contributed by atoms with van der Waals surface area (Å²) in [6, 6.07) is 13.7. The molecular formula is C28H38N2O5. The zero-order chi connectivity index (χ0) is 24.6. The fourth-order valence-electron chi connectivity index (χ4n) is 5.38. The molecule has 0 bridgehead atoms. The highest BCUT2D eigenvalue weighted by atomic mass is 16.5. The van der Waals surface area contributed by atoms with Gasteiger partial charge in [-0.2, -0.15) is 0 Å². The Kier molecular flexibility index (Phi) is 8.88. The molecule has 2 aromatic rings. The summed E-state index contributed by atoms with van der Waals surface area (Å²) in [6.45, 7) is 3.68.